The molecule has 0 bridgehead atoms. The quantitative estimate of drug-likeness (QED) is 0.375. The van der Waals surface area contributed by atoms with Crippen LogP contribution in [0.25, 0.3) is 0 Å². The third kappa shape index (κ3) is 4.90. The Morgan fingerprint density at radius 2 is 1.04 bits per heavy atom. The monoisotopic (exact) mass is 321 g/mol. The number of hydrogen-bond donors (Lipinski definition) is 0. The fourth-order valence-corrected chi connectivity index (χ4v) is 2.34. The Hall–Kier alpha value is -2.72. The first-order valence-corrected chi connectivity index (χ1v) is 7.93. The van der Waals surface area contributed by atoms with Gasteiger partial charge in [0.2, 0.25) is 0 Å². The van der Waals surface area contributed by atoms with E-state index in [9.17, 15) is 0 Å². The summed E-state index contributed by atoms with van der Waals surface area (Å²) >= 11 is 1.30. The van der Waals surface area contributed by atoms with Crippen LogP contribution in [0.1, 0.15) is 0 Å². The highest BCUT2D eigenvalue weighted by Crippen LogP contribution is 2.21. The van der Waals surface area contributed by atoms with Gasteiger partial charge in [0.15, 0.2) is 0 Å². The molecule has 0 saturated heterocycles. The average Bonchev–Trinajstić information content (AvgIpc) is 2.62. The minimum Gasteiger partial charge on any atom is -0.411 e. The fraction of sp³-hybridized carbons (Fsp3) is 0. The second-order valence-corrected chi connectivity index (χ2v) is 5.43. The SMILES string of the molecule is c1ccc(OC(=NSc2ccccc2)Oc2ccccc2)cc1. The maximum absolute atomic E-state index is 5.75. The summed E-state index contributed by atoms with van der Waals surface area (Å²) in [6.45, 7) is 0. The number of ether oxygens (including phenoxy) is 2. The standard InChI is InChI=1S/C19H15NO2S/c1-4-10-16(11-5-1)21-19(22-17-12-6-2-7-13-17)20-23-18-14-8-3-9-15-18/h1-15H. The molecule has 3 aromatic carbocycles. The van der Waals surface area contributed by atoms with Crippen molar-refractivity contribution >= 4 is 18.0 Å². The van der Waals surface area contributed by atoms with Crippen molar-refractivity contribution in [3.63, 3.8) is 0 Å². The lowest BCUT2D eigenvalue weighted by Crippen LogP contribution is -2.16. The number of benzene rings is 3. The van der Waals surface area contributed by atoms with E-state index in [2.05, 4.69) is 4.40 Å². The number of para-hydroxylation sites is 2. The van der Waals surface area contributed by atoms with Crippen molar-refractivity contribution in [1.29, 1.82) is 0 Å². The maximum Gasteiger partial charge on any atom is 0.406 e. The first kappa shape index (κ1) is 15.2. The number of hydrogen-bond acceptors (Lipinski definition) is 4. The molecule has 114 valence electrons. The highest BCUT2D eigenvalue weighted by atomic mass is 32.2. The van der Waals surface area contributed by atoms with E-state index in [0.29, 0.717) is 11.5 Å². The van der Waals surface area contributed by atoms with E-state index >= 15 is 0 Å². The normalized spacial score (nSPS) is 9.91. The van der Waals surface area contributed by atoms with Crippen molar-refractivity contribution in [2.75, 3.05) is 0 Å². The third-order valence-electron chi connectivity index (χ3n) is 2.87. The molecule has 0 aromatic heterocycles. The summed E-state index contributed by atoms with van der Waals surface area (Å²) in [6.07, 6.45) is 0.191. The molecule has 0 aliphatic rings. The van der Waals surface area contributed by atoms with Gasteiger partial charge in [-0.05, 0) is 36.4 Å². The summed E-state index contributed by atoms with van der Waals surface area (Å²) in [6, 6.07) is 28.8. The molecule has 3 aromatic rings. The van der Waals surface area contributed by atoms with Crippen LogP contribution < -0.4 is 9.47 Å². The van der Waals surface area contributed by atoms with Crippen LogP contribution in [0.4, 0.5) is 0 Å². The first-order valence-electron chi connectivity index (χ1n) is 7.16. The van der Waals surface area contributed by atoms with Crippen LogP contribution in [0.2, 0.25) is 0 Å². The highest BCUT2D eigenvalue weighted by molar-refractivity contribution is 7.98. The van der Waals surface area contributed by atoms with Crippen molar-refractivity contribution in [1.82, 2.24) is 0 Å². The van der Waals surface area contributed by atoms with Gasteiger partial charge in [0, 0.05) is 16.8 Å². The Morgan fingerprint density at radius 3 is 1.52 bits per heavy atom. The van der Waals surface area contributed by atoms with Crippen LogP contribution in [0.5, 0.6) is 11.5 Å². The molecule has 0 heterocycles. The molecule has 0 unspecified atom stereocenters. The van der Waals surface area contributed by atoms with Crippen LogP contribution in [0, 0.1) is 0 Å². The Kier molecular flexibility index (Phi) is 5.32. The smallest absolute Gasteiger partial charge is 0.406 e. The van der Waals surface area contributed by atoms with Crippen molar-refractivity contribution in [2.24, 2.45) is 4.40 Å². The Balaban J connectivity index is 1.77. The molecule has 0 fully saturated rings. The predicted molar refractivity (Wildman–Crippen MR) is 93.9 cm³/mol. The zero-order valence-electron chi connectivity index (χ0n) is 12.3. The van der Waals surface area contributed by atoms with Gasteiger partial charge in [-0.3, -0.25) is 0 Å². The van der Waals surface area contributed by atoms with E-state index in [1.807, 2.05) is 91.0 Å². The van der Waals surface area contributed by atoms with E-state index < -0.39 is 0 Å². The van der Waals surface area contributed by atoms with Crippen LogP contribution in [0.15, 0.2) is 100 Å². The molecule has 0 spiro atoms. The fourth-order valence-electron chi connectivity index (χ4n) is 1.81. The topological polar surface area (TPSA) is 30.8 Å². The van der Waals surface area contributed by atoms with E-state index in [1.54, 1.807) is 0 Å². The van der Waals surface area contributed by atoms with Gasteiger partial charge in [0.1, 0.15) is 11.5 Å². The van der Waals surface area contributed by atoms with Crippen molar-refractivity contribution in [3.8, 4) is 11.5 Å². The van der Waals surface area contributed by atoms with Crippen LogP contribution in [-0.4, -0.2) is 6.08 Å². The number of nitrogens with zero attached hydrogens (tertiary/aromatic N) is 1. The van der Waals surface area contributed by atoms with Crippen molar-refractivity contribution in [2.45, 2.75) is 4.90 Å². The Morgan fingerprint density at radius 1 is 0.609 bits per heavy atom. The maximum atomic E-state index is 5.75. The molecule has 0 atom stereocenters. The molecule has 0 saturated carbocycles. The lowest BCUT2D eigenvalue weighted by molar-refractivity contribution is 0.388. The van der Waals surface area contributed by atoms with Gasteiger partial charge in [-0.25, -0.2) is 0 Å². The summed E-state index contributed by atoms with van der Waals surface area (Å²) in [5.41, 5.74) is 0. The highest BCUT2D eigenvalue weighted by Gasteiger charge is 2.07. The second-order valence-electron chi connectivity index (χ2n) is 4.59. The number of rotatable bonds is 4. The average molecular weight is 321 g/mol. The molecule has 0 N–H and O–H groups in total. The second kappa shape index (κ2) is 8.06. The van der Waals surface area contributed by atoms with Crippen LogP contribution in [-0.2, 0) is 0 Å². The first-order chi connectivity index (χ1) is 11.4. The molecule has 0 aliphatic heterocycles. The van der Waals surface area contributed by atoms with E-state index in [1.165, 1.54) is 11.9 Å². The van der Waals surface area contributed by atoms with Gasteiger partial charge >= 0.3 is 6.08 Å². The molecule has 4 heteroatoms. The molecule has 23 heavy (non-hydrogen) atoms. The van der Waals surface area contributed by atoms with Gasteiger partial charge in [-0.1, -0.05) is 54.6 Å². The van der Waals surface area contributed by atoms with Gasteiger partial charge in [0.25, 0.3) is 0 Å². The largest absolute Gasteiger partial charge is 0.411 e. The van der Waals surface area contributed by atoms with Gasteiger partial charge in [0.05, 0.1) is 0 Å². The summed E-state index contributed by atoms with van der Waals surface area (Å²) in [7, 11) is 0. The zero-order valence-corrected chi connectivity index (χ0v) is 13.1. The van der Waals surface area contributed by atoms with Crippen LogP contribution in [0.3, 0.4) is 0 Å². The molecular formula is C19H15NO2S. The van der Waals surface area contributed by atoms with Gasteiger partial charge in [-0.15, -0.1) is 4.40 Å². The summed E-state index contributed by atoms with van der Waals surface area (Å²) in [5.74, 6) is 1.35. The van der Waals surface area contributed by atoms with Gasteiger partial charge < -0.3 is 9.47 Å². The molecule has 0 radical (unpaired) electrons. The predicted octanol–water partition coefficient (Wildman–Crippen LogP) is 5.21. The molecule has 0 amide bonds. The lowest BCUT2D eigenvalue weighted by atomic mass is 10.3. The van der Waals surface area contributed by atoms with Crippen LogP contribution >= 0.6 is 11.9 Å². The molecule has 0 aliphatic carbocycles. The Labute approximate surface area is 139 Å². The lowest BCUT2D eigenvalue weighted by Gasteiger charge is -2.09. The Bertz CT molecular complexity index is 703. The van der Waals surface area contributed by atoms with Gasteiger partial charge in [-0.2, -0.15) is 0 Å². The van der Waals surface area contributed by atoms with E-state index in [4.69, 9.17) is 9.47 Å². The summed E-state index contributed by atoms with van der Waals surface area (Å²) in [4.78, 5) is 1.01. The summed E-state index contributed by atoms with van der Waals surface area (Å²) in [5, 5.41) is 0. The zero-order chi connectivity index (χ0) is 15.7. The molecule has 3 nitrogen and oxygen atoms in total. The molecular weight excluding hydrogens is 306 g/mol. The van der Waals surface area contributed by atoms with Crippen molar-refractivity contribution in [3.05, 3.63) is 91.0 Å². The van der Waals surface area contributed by atoms with Crippen molar-refractivity contribution < 1.29 is 9.47 Å². The third-order valence-corrected chi connectivity index (χ3v) is 3.59. The minimum atomic E-state index is 0.191. The van der Waals surface area contributed by atoms with E-state index in [0.717, 1.165) is 4.90 Å². The van der Waals surface area contributed by atoms with E-state index in [-0.39, 0.29) is 6.08 Å². The minimum absolute atomic E-state index is 0.191. The summed E-state index contributed by atoms with van der Waals surface area (Å²) < 4.78 is 15.9. The molecule has 3 rings (SSSR count).